The summed E-state index contributed by atoms with van der Waals surface area (Å²) < 4.78 is 78.6. The summed E-state index contributed by atoms with van der Waals surface area (Å²) in [5.74, 6) is -0.672. The average Bonchev–Trinajstić information content (AvgIpc) is 3.05. The van der Waals surface area contributed by atoms with E-state index in [4.69, 9.17) is 0 Å². The average molecular weight is 394 g/mol. The number of nitrogens with one attached hydrogen (secondary N) is 1. The number of amides is 1. The van der Waals surface area contributed by atoms with Gasteiger partial charge in [0.05, 0.1) is 18.7 Å². The van der Waals surface area contributed by atoms with Crippen LogP contribution in [-0.4, -0.2) is 43.6 Å². The Hall–Kier alpha value is -2.86. The standard InChI is InChI=1S/C14H12F6N6O/c15-13(16,17)8-3-9(14(18,19)20)23-10(4-8)21-5-12(27)25-1-2-26-7-22-24-11(26)6-25/h3-4,7H,1-2,5-6H2,(H,21,23). The van der Waals surface area contributed by atoms with Gasteiger partial charge in [0.1, 0.15) is 17.8 Å². The van der Waals surface area contributed by atoms with Crippen molar-refractivity contribution >= 4 is 11.7 Å². The van der Waals surface area contributed by atoms with Crippen LogP contribution in [0.5, 0.6) is 0 Å². The molecule has 1 N–H and O–H groups in total. The minimum Gasteiger partial charge on any atom is -0.361 e. The van der Waals surface area contributed by atoms with Gasteiger partial charge in [-0.3, -0.25) is 4.79 Å². The molecule has 13 heteroatoms. The van der Waals surface area contributed by atoms with Crippen LogP contribution in [0.25, 0.3) is 0 Å². The van der Waals surface area contributed by atoms with Crippen LogP contribution in [0.3, 0.4) is 0 Å². The van der Waals surface area contributed by atoms with E-state index in [1.54, 1.807) is 4.57 Å². The van der Waals surface area contributed by atoms with Crippen molar-refractivity contribution in [1.29, 1.82) is 0 Å². The first-order valence-corrected chi connectivity index (χ1v) is 7.59. The maximum Gasteiger partial charge on any atom is 0.433 e. The second kappa shape index (κ2) is 6.70. The molecule has 0 atom stereocenters. The molecule has 3 rings (SSSR count). The molecule has 3 heterocycles. The van der Waals surface area contributed by atoms with Gasteiger partial charge in [0.2, 0.25) is 5.91 Å². The molecule has 0 aromatic carbocycles. The summed E-state index contributed by atoms with van der Waals surface area (Å²) in [4.78, 5) is 16.7. The Kier molecular flexibility index (Phi) is 4.70. The molecule has 1 aliphatic rings. The zero-order chi connectivity index (χ0) is 19.8. The van der Waals surface area contributed by atoms with Gasteiger partial charge in [-0.15, -0.1) is 10.2 Å². The molecule has 0 unspecified atom stereocenters. The van der Waals surface area contributed by atoms with Crippen molar-refractivity contribution < 1.29 is 31.1 Å². The number of hydrogen-bond acceptors (Lipinski definition) is 5. The second-order valence-corrected chi connectivity index (χ2v) is 5.73. The molecule has 0 bridgehead atoms. The Morgan fingerprint density at radius 2 is 1.85 bits per heavy atom. The molecule has 7 nitrogen and oxygen atoms in total. The van der Waals surface area contributed by atoms with Crippen LogP contribution >= 0.6 is 0 Å². The molecule has 0 spiro atoms. The lowest BCUT2D eigenvalue weighted by Gasteiger charge is -2.27. The van der Waals surface area contributed by atoms with Crippen LogP contribution in [0.2, 0.25) is 0 Å². The summed E-state index contributed by atoms with van der Waals surface area (Å²) in [6.45, 7) is 0.382. The summed E-state index contributed by atoms with van der Waals surface area (Å²) in [7, 11) is 0. The van der Waals surface area contributed by atoms with E-state index in [0.29, 0.717) is 25.0 Å². The van der Waals surface area contributed by atoms with E-state index in [1.165, 1.54) is 11.2 Å². The van der Waals surface area contributed by atoms with E-state index in [9.17, 15) is 31.1 Å². The van der Waals surface area contributed by atoms with Gasteiger partial charge in [0.25, 0.3) is 0 Å². The maximum atomic E-state index is 12.8. The number of aromatic nitrogens is 4. The SMILES string of the molecule is O=C(CNc1cc(C(F)(F)F)cc(C(F)(F)F)n1)N1CCn2cnnc2C1. The minimum atomic E-state index is -5.06. The number of fused-ring (bicyclic) bond motifs is 1. The fourth-order valence-electron chi connectivity index (χ4n) is 2.49. The van der Waals surface area contributed by atoms with E-state index in [-0.39, 0.29) is 12.6 Å². The fraction of sp³-hybridized carbons (Fsp3) is 0.429. The number of rotatable bonds is 3. The van der Waals surface area contributed by atoms with Gasteiger partial charge in [-0.1, -0.05) is 0 Å². The lowest BCUT2D eigenvalue weighted by Crippen LogP contribution is -2.41. The minimum absolute atomic E-state index is 0.0789. The Morgan fingerprint density at radius 3 is 2.52 bits per heavy atom. The summed E-state index contributed by atoms with van der Waals surface area (Å²) in [5, 5.41) is 9.75. The monoisotopic (exact) mass is 394 g/mol. The summed E-state index contributed by atoms with van der Waals surface area (Å²) in [6.07, 6.45) is -8.54. The lowest BCUT2D eigenvalue weighted by molar-refractivity contribution is -0.145. The molecule has 27 heavy (non-hydrogen) atoms. The van der Waals surface area contributed by atoms with E-state index in [0.717, 1.165) is 0 Å². The van der Waals surface area contributed by atoms with Gasteiger partial charge in [0.15, 0.2) is 5.82 Å². The smallest absolute Gasteiger partial charge is 0.361 e. The summed E-state index contributed by atoms with van der Waals surface area (Å²) >= 11 is 0. The number of alkyl halides is 6. The Balaban J connectivity index is 1.72. The van der Waals surface area contributed by atoms with Gasteiger partial charge in [-0.05, 0) is 12.1 Å². The van der Waals surface area contributed by atoms with Crippen molar-refractivity contribution in [2.45, 2.75) is 25.4 Å². The third-order valence-electron chi connectivity index (χ3n) is 3.86. The molecule has 0 saturated carbocycles. The van der Waals surface area contributed by atoms with Gasteiger partial charge >= 0.3 is 12.4 Å². The normalized spacial score (nSPS) is 14.8. The zero-order valence-electron chi connectivity index (χ0n) is 13.5. The molecule has 0 radical (unpaired) electrons. The molecular weight excluding hydrogens is 382 g/mol. The number of anilines is 1. The van der Waals surface area contributed by atoms with Gasteiger partial charge in [-0.2, -0.15) is 26.3 Å². The number of nitrogens with zero attached hydrogens (tertiary/aromatic N) is 5. The predicted molar refractivity (Wildman–Crippen MR) is 78.2 cm³/mol. The highest BCUT2D eigenvalue weighted by molar-refractivity contribution is 5.80. The molecule has 1 amide bonds. The molecular formula is C14H12F6N6O. The molecule has 1 aliphatic heterocycles. The largest absolute Gasteiger partial charge is 0.433 e. The maximum absolute atomic E-state index is 12.8. The predicted octanol–water partition coefficient (Wildman–Crippen LogP) is 2.16. The van der Waals surface area contributed by atoms with E-state index in [1.807, 2.05) is 0 Å². The Bertz CT molecular complexity index is 813. The van der Waals surface area contributed by atoms with Gasteiger partial charge < -0.3 is 14.8 Å². The third-order valence-corrected chi connectivity index (χ3v) is 3.86. The first-order chi connectivity index (χ1) is 12.5. The molecule has 2 aromatic rings. The summed E-state index contributed by atoms with van der Waals surface area (Å²) in [6, 6.07) is 0.347. The second-order valence-electron chi connectivity index (χ2n) is 5.73. The molecule has 0 aliphatic carbocycles. The Morgan fingerprint density at radius 1 is 1.11 bits per heavy atom. The third kappa shape index (κ3) is 4.28. The number of hydrogen-bond donors (Lipinski definition) is 1. The first-order valence-electron chi connectivity index (χ1n) is 7.59. The van der Waals surface area contributed by atoms with E-state index < -0.39 is 41.9 Å². The number of carbonyl (C=O) groups is 1. The van der Waals surface area contributed by atoms with Crippen LogP contribution in [0, 0.1) is 0 Å². The zero-order valence-corrected chi connectivity index (χ0v) is 13.5. The summed E-state index contributed by atoms with van der Waals surface area (Å²) in [5.41, 5.74) is -3.20. The molecule has 0 fully saturated rings. The highest BCUT2D eigenvalue weighted by Crippen LogP contribution is 2.35. The van der Waals surface area contributed by atoms with E-state index in [2.05, 4.69) is 20.5 Å². The number of pyridine rings is 1. The van der Waals surface area contributed by atoms with Crippen molar-refractivity contribution in [3.05, 3.63) is 35.5 Å². The molecule has 0 saturated heterocycles. The van der Waals surface area contributed by atoms with E-state index >= 15 is 0 Å². The molecule has 146 valence electrons. The van der Waals surface area contributed by atoms with Gasteiger partial charge in [-0.25, -0.2) is 4.98 Å². The van der Waals surface area contributed by atoms with Gasteiger partial charge in [0, 0.05) is 13.1 Å². The lowest BCUT2D eigenvalue weighted by atomic mass is 10.2. The number of halogens is 6. The highest BCUT2D eigenvalue weighted by Gasteiger charge is 2.38. The quantitative estimate of drug-likeness (QED) is 0.808. The van der Waals surface area contributed by atoms with Crippen molar-refractivity contribution in [2.24, 2.45) is 0 Å². The highest BCUT2D eigenvalue weighted by atomic mass is 19.4. The first kappa shape index (κ1) is 18.9. The van der Waals surface area contributed by atoms with Crippen molar-refractivity contribution in [2.75, 3.05) is 18.4 Å². The number of carbonyl (C=O) groups excluding carboxylic acids is 1. The fourth-order valence-corrected chi connectivity index (χ4v) is 2.49. The van der Waals surface area contributed by atoms with Crippen LogP contribution in [0.4, 0.5) is 32.2 Å². The topological polar surface area (TPSA) is 75.9 Å². The van der Waals surface area contributed by atoms with Crippen molar-refractivity contribution in [3.63, 3.8) is 0 Å². The molecule has 2 aromatic heterocycles. The van der Waals surface area contributed by atoms with Crippen LogP contribution in [-0.2, 0) is 30.2 Å². The van der Waals surface area contributed by atoms with Crippen LogP contribution in [0.15, 0.2) is 18.5 Å². The van der Waals surface area contributed by atoms with Crippen molar-refractivity contribution in [1.82, 2.24) is 24.6 Å². The van der Waals surface area contributed by atoms with Crippen LogP contribution in [0.1, 0.15) is 17.1 Å². The Labute approximate surface area is 148 Å². The van der Waals surface area contributed by atoms with Crippen molar-refractivity contribution in [3.8, 4) is 0 Å². The van der Waals surface area contributed by atoms with Crippen LogP contribution < -0.4 is 5.32 Å².